The molecular formula is C24H31N3O. The molecule has 1 saturated heterocycles. The predicted octanol–water partition coefficient (Wildman–Crippen LogP) is 4.03. The Bertz CT molecular complexity index is 799. The molecule has 0 aromatic heterocycles. The van der Waals surface area contributed by atoms with E-state index in [-0.39, 0.29) is 11.9 Å². The Morgan fingerprint density at radius 3 is 2.57 bits per heavy atom. The van der Waals surface area contributed by atoms with Crippen molar-refractivity contribution < 1.29 is 4.79 Å². The zero-order chi connectivity index (χ0) is 19.3. The Morgan fingerprint density at radius 1 is 1.00 bits per heavy atom. The van der Waals surface area contributed by atoms with E-state index in [1.54, 1.807) is 0 Å². The molecule has 28 heavy (non-hydrogen) atoms. The third-order valence-electron chi connectivity index (χ3n) is 6.16. The third kappa shape index (κ3) is 4.22. The number of hydrogen-bond acceptors (Lipinski definition) is 3. The number of nitrogens with zero attached hydrogens (tertiary/aromatic N) is 2. The maximum atomic E-state index is 12.6. The van der Waals surface area contributed by atoms with Crippen LogP contribution in [0.25, 0.3) is 0 Å². The topological polar surface area (TPSA) is 35.6 Å². The molecule has 0 spiro atoms. The van der Waals surface area contributed by atoms with Crippen molar-refractivity contribution in [3.05, 3.63) is 65.2 Å². The molecule has 0 unspecified atom stereocenters. The Labute approximate surface area is 168 Å². The molecule has 4 nitrogen and oxygen atoms in total. The number of carbonyl (C=O) groups is 1. The maximum absolute atomic E-state index is 12.6. The molecule has 0 bridgehead atoms. The summed E-state index contributed by atoms with van der Waals surface area (Å²) in [5.41, 5.74) is 4.87. The lowest BCUT2D eigenvalue weighted by Gasteiger charge is -2.36. The first-order valence-electron chi connectivity index (χ1n) is 10.6. The van der Waals surface area contributed by atoms with Gasteiger partial charge in [-0.15, -0.1) is 0 Å². The summed E-state index contributed by atoms with van der Waals surface area (Å²) < 4.78 is 0. The lowest BCUT2D eigenvalue weighted by molar-refractivity contribution is 0.0924. The van der Waals surface area contributed by atoms with E-state index in [0.717, 1.165) is 31.6 Å². The van der Waals surface area contributed by atoms with E-state index in [9.17, 15) is 4.79 Å². The third-order valence-corrected chi connectivity index (χ3v) is 6.16. The summed E-state index contributed by atoms with van der Waals surface area (Å²) in [5, 5.41) is 3.19. The van der Waals surface area contributed by atoms with Gasteiger partial charge in [-0.2, -0.15) is 0 Å². The largest absolute Gasteiger partial charge is 0.374 e. The molecule has 2 aromatic rings. The minimum absolute atomic E-state index is 0.0142. The lowest BCUT2D eigenvalue weighted by atomic mass is 9.95. The summed E-state index contributed by atoms with van der Waals surface area (Å²) in [7, 11) is 2.18. The van der Waals surface area contributed by atoms with Gasteiger partial charge in [0.1, 0.15) is 0 Å². The number of aryl methyl sites for hydroxylation is 1. The monoisotopic (exact) mass is 377 g/mol. The van der Waals surface area contributed by atoms with Gasteiger partial charge in [0.05, 0.1) is 6.04 Å². The molecule has 1 N–H and O–H groups in total. The fourth-order valence-electron chi connectivity index (χ4n) is 4.58. The quantitative estimate of drug-likeness (QED) is 0.855. The molecule has 2 heterocycles. The summed E-state index contributed by atoms with van der Waals surface area (Å²) >= 11 is 0. The molecule has 0 saturated carbocycles. The molecule has 2 aliphatic heterocycles. The molecule has 1 fully saturated rings. The second-order valence-corrected chi connectivity index (χ2v) is 8.10. The molecule has 1 amide bonds. The van der Waals surface area contributed by atoms with E-state index >= 15 is 0 Å². The first-order chi connectivity index (χ1) is 13.7. The van der Waals surface area contributed by atoms with E-state index in [1.807, 2.05) is 30.3 Å². The SMILES string of the molecule is CN1CCCc2cc([C@@H](CNC(=O)c3ccccc3)N3CCCCC3)ccc21. The van der Waals surface area contributed by atoms with Gasteiger partial charge < -0.3 is 10.2 Å². The van der Waals surface area contributed by atoms with E-state index in [0.29, 0.717) is 6.54 Å². The van der Waals surface area contributed by atoms with Crippen molar-refractivity contribution >= 4 is 11.6 Å². The molecule has 2 aromatic carbocycles. The van der Waals surface area contributed by atoms with Crippen LogP contribution in [0.4, 0.5) is 5.69 Å². The molecule has 4 rings (SSSR count). The zero-order valence-electron chi connectivity index (χ0n) is 16.9. The molecule has 148 valence electrons. The molecule has 2 aliphatic rings. The van der Waals surface area contributed by atoms with Gasteiger partial charge in [-0.05, 0) is 68.1 Å². The number of anilines is 1. The van der Waals surface area contributed by atoms with Crippen LogP contribution in [0.2, 0.25) is 0 Å². The zero-order valence-corrected chi connectivity index (χ0v) is 16.9. The van der Waals surface area contributed by atoms with Crippen molar-refractivity contribution in [1.29, 1.82) is 0 Å². The summed E-state index contributed by atoms with van der Waals surface area (Å²) in [4.78, 5) is 17.5. The van der Waals surface area contributed by atoms with Gasteiger partial charge in [-0.25, -0.2) is 0 Å². The molecule has 1 atom stereocenters. The van der Waals surface area contributed by atoms with Crippen molar-refractivity contribution in [2.75, 3.05) is 38.1 Å². The lowest BCUT2D eigenvalue weighted by Crippen LogP contribution is -2.40. The van der Waals surface area contributed by atoms with Crippen LogP contribution in [0.3, 0.4) is 0 Å². The smallest absolute Gasteiger partial charge is 0.251 e. The van der Waals surface area contributed by atoms with E-state index < -0.39 is 0 Å². The van der Waals surface area contributed by atoms with Crippen molar-refractivity contribution in [3.63, 3.8) is 0 Å². The number of benzene rings is 2. The minimum atomic E-state index is 0.0142. The van der Waals surface area contributed by atoms with Crippen molar-refractivity contribution in [2.45, 2.75) is 38.1 Å². The number of hydrogen-bond donors (Lipinski definition) is 1. The molecule has 4 heteroatoms. The van der Waals surface area contributed by atoms with Crippen LogP contribution in [-0.4, -0.2) is 44.0 Å². The highest BCUT2D eigenvalue weighted by atomic mass is 16.1. The van der Waals surface area contributed by atoms with Gasteiger partial charge in [0, 0.05) is 31.4 Å². The molecule has 0 radical (unpaired) electrons. The van der Waals surface area contributed by atoms with Gasteiger partial charge in [0.2, 0.25) is 0 Å². The summed E-state index contributed by atoms with van der Waals surface area (Å²) in [6.45, 7) is 4.02. The van der Waals surface area contributed by atoms with E-state index in [2.05, 4.69) is 40.4 Å². The number of rotatable bonds is 5. The van der Waals surface area contributed by atoms with Crippen molar-refractivity contribution in [3.8, 4) is 0 Å². The maximum Gasteiger partial charge on any atom is 0.251 e. The van der Waals surface area contributed by atoms with Crippen molar-refractivity contribution in [1.82, 2.24) is 10.2 Å². The van der Waals surface area contributed by atoms with E-state index in [1.165, 1.54) is 42.5 Å². The number of carbonyl (C=O) groups excluding carboxylic acids is 1. The molecule has 0 aliphatic carbocycles. The van der Waals surface area contributed by atoms with Crippen LogP contribution in [0, 0.1) is 0 Å². The number of likely N-dealkylation sites (tertiary alicyclic amines) is 1. The standard InChI is InChI=1S/C24H31N3O/c1-26-14-8-11-20-17-21(12-13-22(20)26)23(27-15-6-3-7-16-27)18-25-24(28)19-9-4-2-5-10-19/h2,4-5,9-10,12-13,17,23H,3,6-8,11,14-16,18H2,1H3,(H,25,28)/t23-/m1/s1. The highest BCUT2D eigenvalue weighted by molar-refractivity contribution is 5.94. The molecular weight excluding hydrogens is 346 g/mol. The van der Waals surface area contributed by atoms with Crippen LogP contribution < -0.4 is 10.2 Å². The van der Waals surface area contributed by atoms with Gasteiger partial charge in [-0.3, -0.25) is 9.69 Å². The van der Waals surface area contributed by atoms with E-state index in [4.69, 9.17) is 0 Å². The van der Waals surface area contributed by atoms with Crippen LogP contribution in [0.1, 0.15) is 53.2 Å². The summed E-state index contributed by atoms with van der Waals surface area (Å²) in [5.74, 6) is 0.0142. The average molecular weight is 378 g/mol. The number of nitrogens with one attached hydrogen (secondary N) is 1. The fourth-order valence-corrected chi connectivity index (χ4v) is 4.58. The van der Waals surface area contributed by atoms with Gasteiger partial charge >= 0.3 is 0 Å². The van der Waals surface area contributed by atoms with Crippen LogP contribution in [0.5, 0.6) is 0 Å². The van der Waals surface area contributed by atoms with Gasteiger partial charge in [-0.1, -0.05) is 36.8 Å². The van der Waals surface area contributed by atoms with Crippen LogP contribution in [0.15, 0.2) is 48.5 Å². The number of fused-ring (bicyclic) bond motifs is 1. The second-order valence-electron chi connectivity index (χ2n) is 8.10. The first kappa shape index (κ1) is 19.0. The highest BCUT2D eigenvalue weighted by Crippen LogP contribution is 2.31. The Morgan fingerprint density at radius 2 is 1.79 bits per heavy atom. The number of piperidine rings is 1. The van der Waals surface area contributed by atoms with Gasteiger partial charge in [0.25, 0.3) is 5.91 Å². The Hall–Kier alpha value is -2.33. The predicted molar refractivity (Wildman–Crippen MR) is 115 cm³/mol. The summed E-state index contributed by atoms with van der Waals surface area (Å²) in [6.07, 6.45) is 6.17. The average Bonchev–Trinajstić information content (AvgIpc) is 2.75. The van der Waals surface area contributed by atoms with Crippen molar-refractivity contribution in [2.24, 2.45) is 0 Å². The van der Waals surface area contributed by atoms with Crippen LogP contribution >= 0.6 is 0 Å². The minimum Gasteiger partial charge on any atom is -0.374 e. The second kappa shape index (κ2) is 8.78. The van der Waals surface area contributed by atoms with Crippen LogP contribution in [-0.2, 0) is 6.42 Å². The Balaban J connectivity index is 1.54. The Kier molecular flexibility index (Phi) is 5.96. The highest BCUT2D eigenvalue weighted by Gasteiger charge is 2.24. The van der Waals surface area contributed by atoms with Gasteiger partial charge in [0.15, 0.2) is 0 Å². The normalized spacial score (nSPS) is 18.4. The summed E-state index contributed by atoms with van der Waals surface area (Å²) in [6, 6.07) is 16.7. The number of amides is 1. The first-order valence-corrected chi connectivity index (χ1v) is 10.6. The fraction of sp³-hybridized carbons (Fsp3) is 0.458.